The number of halogens is 2. The van der Waals surface area contributed by atoms with Gasteiger partial charge < -0.3 is 5.73 Å². The molecule has 0 aliphatic heterocycles. The summed E-state index contributed by atoms with van der Waals surface area (Å²) in [5, 5.41) is 4.09. The Morgan fingerprint density at radius 3 is 2.21 bits per heavy atom. The van der Waals surface area contributed by atoms with Crippen LogP contribution in [-0.4, -0.2) is 15.7 Å². The normalized spacial score (nSPS) is 29.3. The minimum absolute atomic E-state index is 0.270. The molecule has 0 spiro atoms. The van der Waals surface area contributed by atoms with Gasteiger partial charge >= 0.3 is 0 Å². The van der Waals surface area contributed by atoms with Crippen molar-refractivity contribution >= 4 is 0 Å². The first-order valence-corrected chi connectivity index (χ1v) is 4.47. The molecule has 5 heteroatoms. The van der Waals surface area contributed by atoms with Crippen LogP contribution in [0.3, 0.4) is 0 Å². The molecule has 1 aromatic heterocycles. The number of alkyl halides is 2. The fourth-order valence-corrected chi connectivity index (χ4v) is 2.00. The van der Waals surface area contributed by atoms with E-state index >= 15 is 0 Å². The number of hydrogen-bond acceptors (Lipinski definition) is 2. The summed E-state index contributed by atoms with van der Waals surface area (Å²) in [4.78, 5) is 0. The largest absolute Gasteiger partial charge is 0.316 e. The van der Waals surface area contributed by atoms with Crippen LogP contribution < -0.4 is 5.73 Å². The highest BCUT2D eigenvalue weighted by Crippen LogP contribution is 2.58. The Balaban J connectivity index is 2.54. The lowest BCUT2D eigenvalue weighted by Gasteiger charge is -2.10. The van der Waals surface area contributed by atoms with Crippen LogP contribution in [0.25, 0.3) is 0 Å². The van der Waals surface area contributed by atoms with Crippen LogP contribution in [0.2, 0.25) is 0 Å². The van der Waals surface area contributed by atoms with Gasteiger partial charge in [-0.3, -0.25) is 4.68 Å². The number of aromatic nitrogens is 2. The first-order chi connectivity index (χ1) is 6.29. The third-order valence-corrected chi connectivity index (χ3v) is 2.98. The zero-order chi connectivity index (χ0) is 10.7. The van der Waals surface area contributed by atoms with Crippen molar-refractivity contribution in [3.05, 3.63) is 17.0 Å². The van der Waals surface area contributed by atoms with Gasteiger partial charge in [-0.1, -0.05) is 0 Å². The molecular weight excluding hydrogens is 188 g/mol. The first-order valence-electron chi connectivity index (χ1n) is 4.47. The van der Waals surface area contributed by atoms with Crippen LogP contribution in [-0.2, 0) is 12.6 Å². The van der Waals surface area contributed by atoms with Gasteiger partial charge in [-0.05, 0) is 13.8 Å². The van der Waals surface area contributed by atoms with E-state index < -0.39 is 11.5 Å². The van der Waals surface area contributed by atoms with Gasteiger partial charge in [0.05, 0.1) is 5.69 Å². The summed E-state index contributed by atoms with van der Waals surface area (Å²) in [7, 11) is 1.73. The van der Waals surface area contributed by atoms with Crippen molar-refractivity contribution in [2.24, 2.45) is 12.8 Å². The molecule has 1 unspecified atom stereocenters. The second-order valence-electron chi connectivity index (χ2n) is 4.02. The summed E-state index contributed by atoms with van der Waals surface area (Å²) >= 11 is 0. The molecule has 1 aliphatic rings. The minimum Gasteiger partial charge on any atom is -0.316 e. The molecule has 1 aliphatic carbocycles. The van der Waals surface area contributed by atoms with Gasteiger partial charge in [-0.15, -0.1) is 0 Å². The van der Waals surface area contributed by atoms with E-state index in [4.69, 9.17) is 5.73 Å². The number of nitrogens with two attached hydrogens (primary N) is 1. The maximum atomic E-state index is 13.1. The van der Waals surface area contributed by atoms with Gasteiger partial charge in [0.2, 0.25) is 0 Å². The zero-order valence-corrected chi connectivity index (χ0v) is 8.43. The lowest BCUT2D eigenvalue weighted by molar-refractivity contribution is 0.0887. The van der Waals surface area contributed by atoms with E-state index in [9.17, 15) is 8.78 Å². The van der Waals surface area contributed by atoms with Gasteiger partial charge in [0.15, 0.2) is 0 Å². The predicted octanol–water partition coefficient (Wildman–Crippen LogP) is 1.23. The molecule has 0 saturated heterocycles. The molecule has 0 radical (unpaired) electrons. The Labute approximate surface area is 80.9 Å². The standard InChI is InChI=1S/C9H13F2N3/c1-5-7(6(2)14(3)13-5)8(12)4-9(8,10)11/h4,12H2,1-3H3. The van der Waals surface area contributed by atoms with Crippen LogP contribution >= 0.6 is 0 Å². The molecule has 1 saturated carbocycles. The fraction of sp³-hybridized carbons (Fsp3) is 0.667. The number of rotatable bonds is 1. The molecule has 14 heavy (non-hydrogen) atoms. The van der Waals surface area contributed by atoms with Crippen molar-refractivity contribution in [3.63, 3.8) is 0 Å². The summed E-state index contributed by atoms with van der Waals surface area (Å²) in [6.45, 7) is 3.48. The van der Waals surface area contributed by atoms with Crippen molar-refractivity contribution in [2.75, 3.05) is 0 Å². The van der Waals surface area contributed by atoms with E-state index in [1.807, 2.05) is 0 Å². The van der Waals surface area contributed by atoms with Crippen LogP contribution in [0, 0.1) is 13.8 Å². The zero-order valence-electron chi connectivity index (χ0n) is 8.43. The highest BCUT2D eigenvalue weighted by atomic mass is 19.3. The fourth-order valence-electron chi connectivity index (χ4n) is 2.00. The van der Waals surface area contributed by atoms with Gasteiger partial charge in [-0.25, -0.2) is 8.78 Å². The molecular formula is C9H13F2N3. The van der Waals surface area contributed by atoms with E-state index in [0.29, 0.717) is 11.3 Å². The Hall–Kier alpha value is -0.970. The van der Waals surface area contributed by atoms with Crippen molar-refractivity contribution < 1.29 is 8.78 Å². The molecule has 0 amide bonds. The number of hydrogen-bond donors (Lipinski definition) is 1. The molecule has 78 valence electrons. The Bertz CT molecular complexity index is 397. The smallest absolute Gasteiger partial charge is 0.272 e. The maximum Gasteiger partial charge on any atom is 0.272 e. The summed E-state index contributed by atoms with van der Waals surface area (Å²) in [6.07, 6.45) is -0.270. The SMILES string of the molecule is Cc1nn(C)c(C)c1C1(N)CC1(F)F. The summed E-state index contributed by atoms with van der Waals surface area (Å²) in [5.74, 6) is -2.77. The van der Waals surface area contributed by atoms with Crippen molar-refractivity contribution in [1.82, 2.24) is 9.78 Å². The molecule has 0 bridgehead atoms. The van der Waals surface area contributed by atoms with E-state index in [0.717, 1.165) is 5.69 Å². The number of aryl methyl sites for hydroxylation is 2. The molecule has 0 aromatic carbocycles. The van der Waals surface area contributed by atoms with Crippen LogP contribution in [0.15, 0.2) is 0 Å². The number of nitrogens with zero attached hydrogens (tertiary/aromatic N) is 2. The molecule has 1 atom stereocenters. The summed E-state index contributed by atoms with van der Waals surface area (Å²) in [5.41, 5.74) is 6.01. The third-order valence-electron chi connectivity index (χ3n) is 2.98. The predicted molar refractivity (Wildman–Crippen MR) is 48.1 cm³/mol. The average Bonchev–Trinajstić information content (AvgIpc) is 2.37. The minimum atomic E-state index is -2.77. The maximum absolute atomic E-state index is 13.1. The summed E-state index contributed by atoms with van der Waals surface area (Å²) in [6, 6.07) is 0. The van der Waals surface area contributed by atoms with Gasteiger partial charge in [0.25, 0.3) is 5.92 Å². The topological polar surface area (TPSA) is 43.8 Å². The Morgan fingerprint density at radius 2 is 1.93 bits per heavy atom. The molecule has 2 rings (SSSR count). The molecule has 1 aromatic rings. The van der Waals surface area contributed by atoms with E-state index in [2.05, 4.69) is 5.10 Å². The Morgan fingerprint density at radius 1 is 1.43 bits per heavy atom. The molecule has 1 fully saturated rings. The summed E-state index contributed by atoms with van der Waals surface area (Å²) < 4.78 is 27.7. The third kappa shape index (κ3) is 0.958. The average molecular weight is 201 g/mol. The molecule has 3 nitrogen and oxygen atoms in total. The van der Waals surface area contributed by atoms with Gasteiger partial charge in [0.1, 0.15) is 5.54 Å². The molecule has 1 heterocycles. The Kier molecular flexibility index (Phi) is 1.60. The lowest BCUT2D eigenvalue weighted by atomic mass is 10.0. The van der Waals surface area contributed by atoms with E-state index in [-0.39, 0.29) is 6.42 Å². The van der Waals surface area contributed by atoms with E-state index in [1.165, 1.54) is 0 Å². The monoisotopic (exact) mass is 201 g/mol. The van der Waals surface area contributed by atoms with Crippen LogP contribution in [0.5, 0.6) is 0 Å². The van der Waals surface area contributed by atoms with Gasteiger partial charge in [-0.2, -0.15) is 5.10 Å². The lowest BCUT2D eigenvalue weighted by Crippen LogP contribution is -2.28. The second-order valence-corrected chi connectivity index (χ2v) is 4.02. The molecule has 2 N–H and O–H groups in total. The van der Waals surface area contributed by atoms with Gasteiger partial charge in [0, 0.05) is 24.7 Å². The highest BCUT2D eigenvalue weighted by molar-refractivity contribution is 5.41. The van der Waals surface area contributed by atoms with Crippen LogP contribution in [0.1, 0.15) is 23.4 Å². The second kappa shape index (κ2) is 2.34. The van der Waals surface area contributed by atoms with Crippen molar-refractivity contribution in [2.45, 2.75) is 31.7 Å². The highest BCUT2D eigenvalue weighted by Gasteiger charge is 2.71. The first kappa shape index (κ1) is 9.58. The van der Waals surface area contributed by atoms with Crippen LogP contribution in [0.4, 0.5) is 8.78 Å². The van der Waals surface area contributed by atoms with Crippen molar-refractivity contribution in [1.29, 1.82) is 0 Å². The quantitative estimate of drug-likeness (QED) is 0.742. The van der Waals surface area contributed by atoms with Crippen molar-refractivity contribution in [3.8, 4) is 0 Å². The van der Waals surface area contributed by atoms with E-state index in [1.54, 1.807) is 25.6 Å².